The van der Waals surface area contributed by atoms with Gasteiger partial charge >= 0.3 is 0 Å². The molecule has 0 amide bonds. The minimum absolute atomic E-state index is 0.0190. The minimum Gasteiger partial charge on any atom is -0.379 e. The van der Waals surface area contributed by atoms with E-state index >= 15 is 0 Å². The topological polar surface area (TPSA) is 21.3 Å². The molecule has 2 heteroatoms. The third-order valence-electron chi connectivity index (χ3n) is 4.15. The van der Waals surface area contributed by atoms with Gasteiger partial charge in [-0.1, -0.05) is 26.2 Å². The average Bonchev–Trinajstić information content (AvgIpc) is 2.27. The fourth-order valence-corrected chi connectivity index (χ4v) is 2.48. The maximum Gasteiger partial charge on any atom is 0.0634 e. The molecule has 1 N–H and O–H groups in total. The fraction of sp³-hybridized carbons (Fsp3) is 1.00. The zero-order valence-electron chi connectivity index (χ0n) is 11.5. The van der Waals surface area contributed by atoms with Crippen LogP contribution in [0.2, 0.25) is 0 Å². The molecule has 16 heavy (non-hydrogen) atoms. The van der Waals surface area contributed by atoms with Crippen molar-refractivity contribution in [3.8, 4) is 0 Å². The highest BCUT2D eigenvalue weighted by Gasteiger charge is 2.21. The van der Waals surface area contributed by atoms with Crippen LogP contribution in [0.5, 0.6) is 0 Å². The van der Waals surface area contributed by atoms with Crippen molar-refractivity contribution in [1.29, 1.82) is 0 Å². The predicted octanol–water partition coefficient (Wildman–Crippen LogP) is 3.22. The van der Waals surface area contributed by atoms with Gasteiger partial charge in [-0.25, -0.2) is 0 Å². The normalized spacial score (nSPS) is 27.0. The summed E-state index contributed by atoms with van der Waals surface area (Å²) in [6.45, 7) is 8.98. The molecule has 1 aliphatic rings. The first kappa shape index (κ1) is 14.0. The SMILES string of the molecule is COC(C)(C)CCNCC1CCCCC1C. The van der Waals surface area contributed by atoms with Crippen LogP contribution in [0.4, 0.5) is 0 Å². The molecule has 0 aromatic rings. The zero-order valence-corrected chi connectivity index (χ0v) is 11.5. The summed E-state index contributed by atoms with van der Waals surface area (Å²) in [6.07, 6.45) is 6.80. The number of nitrogens with one attached hydrogen (secondary N) is 1. The van der Waals surface area contributed by atoms with Gasteiger partial charge in [0.25, 0.3) is 0 Å². The van der Waals surface area contributed by atoms with Gasteiger partial charge in [0.1, 0.15) is 0 Å². The van der Waals surface area contributed by atoms with Gasteiger partial charge in [0, 0.05) is 7.11 Å². The second kappa shape index (κ2) is 6.61. The van der Waals surface area contributed by atoms with E-state index in [4.69, 9.17) is 4.74 Å². The van der Waals surface area contributed by atoms with Crippen LogP contribution >= 0.6 is 0 Å². The van der Waals surface area contributed by atoms with Crippen LogP contribution in [-0.2, 0) is 4.74 Å². The van der Waals surface area contributed by atoms with Gasteiger partial charge in [0.2, 0.25) is 0 Å². The first-order chi connectivity index (χ1) is 7.55. The monoisotopic (exact) mass is 227 g/mol. The Hall–Kier alpha value is -0.0800. The second-order valence-electron chi connectivity index (χ2n) is 5.94. The lowest BCUT2D eigenvalue weighted by molar-refractivity contribution is 0.0155. The first-order valence-corrected chi connectivity index (χ1v) is 6.81. The van der Waals surface area contributed by atoms with Gasteiger partial charge < -0.3 is 10.1 Å². The summed E-state index contributed by atoms with van der Waals surface area (Å²) in [7, 11) is 1.79. The highest BCUT2D eigenvalue weighted by atomic mass is 16.5. The summed E-state index contributed by atoms with van der Waals surface area (Å²) >= 11 is 0. The summed E-state index contributed by atoms with van der Waals surface area (Å²) in [5, 5.41) is 3.60. The molecule has 0 saturated heterocycles. The van der Waals surface area contributed by atoms with Crippen molar-refractivity contribution < 1.29 is 4.74 Å². The van der Waals surface area contributed by atoms with Gasteiger partial charge in [0.05, 0.1) is 5.60 Å². The Morgan fingerprint density at radius 3 is 2.56 bits per heavy atom. The van der Waals surface area contributed by atoms with E-state index in [1.807, 2.05) is 0 Å². The zero-order chi connectivity index (χ0) is 12.0. The Kier molecular flexibility index (Phi) is 5.77. The van der Waals surface area contributed by atoms with Crippen LogP contribution in [0.3, 0.4) is 0 Å². The molecule has 0 aromatic heterocycles. The van der Waals surface area contributed by atoms with Gasteiger partial charge in [-0.2, -0.15) is 0 Å². The van der Waals surface area contributed by atoms with E-state index in [1.165, 1.54) is 32.2 Å². The summed E-state index contributed by atoms with van der Waals surface area (Å²) in [5.41, 5.74) is 0.0190. The lowest BCUT2D eigenvalue weighted by Crippen LogP contribution is -2.33. The minimum atomic E-state index is 0.0190. The third kappa shape index (κ3) is 4.84. The van der Waals surface area contributed by atoms with E-state index in [9.17, 15) is 0 Å². The van der Waals surface area contributed by atoms with Crippen LogP contribution in [-0.4, -0.2) is 25.8 Å². The van der Waals surface area contributed by atoms with Crippen LogP contribution in [0, 0.1) is 11.8 Å². The van der Waals surface area contributed by atoms with Crippen molar-refractivity contribution >= 4 is 0 Å². The van der Waals surface area contributed by atoms with E-state index in [2.05, 4.69) is 26.1 Å². The molecule has 0 aliphatic heterocycles. The molecule has 2 nitrogen and oxygen atoms in total. The predicted molar refractivity (Wildman–Crippen MR) is 69.7 cm³/mol. The summed E-state index contributed by atoms with van der Waals surface area (Å²) < 4.78 is 5.41. The van der Waals surface area contributed by atoms with Crippen molar-refractivity contribution in [3.05, 3.63) is 0 Å². The standard InChI is InChI=1S/C14H29NO/c1-12-7-5-6-8-13(12)11-15-10-9-14(2,3)16-4/h12-13,15H,5-11H2,1-4H3. The molecule has 1 rings (SSSR count). The van der Waals surface area contributed by atoms with Crippen LogP contribution in [0.1, 0.15) is 52.9 Å². The average molecular weight is 227 g/mol. The summed E-state index contributed by atoms with van der Waals surface area (Å²) in [6, 6.07) is 0. The molecule has 2 unspecified atom stereocenters. The fourth-order valence-electron chi connectivity index (χ4n) is 2.48. The molecular weight excluding hydrogens is 198 g/mol. The Labute approximate surface area is 101 Å². The molecule has 0 heterocycles. The molecule has 1 fully saturated rings. The second-order valence-corrected chi connectivity index (χ2v) is 5.94. The summed E-state index contributed by atoms with van der Waals surface area (Å²) in [5.74, 6) is 1.82. The molecule has 2 atom stereocenters. The third-order valence-corrected chi connectivity index (χ3v) is 4.15. The summed E-state index contributed by atoms with van der Waals surface area (Å²) in [4.78, 5) is 0. The Bertz CT molecular complexity index is 191. The maximum absolute atomic E-state index is 5.41. The molecule has 96 valence electrons. The van der Waals surface area contributed by atoms with Gasteiger partial charge in [-0.05, 0) is 51.6 Å². The van der Waals surface area contributed by atoms with Crippen LogP contribution < -0.4 is 5.32 Å². The van der Waals surface area contributed by atoms with E-state index in [1.54, 1.807) is 7.11 Å². The van der Waals surface area contributed by atoms with Crippen LogP contribution in [0.25, 0.3) is 0 Å². The smallest absolute Gasteiger partial charge is 0.0634 e. The number of hydrogen-bond acceptors (Lipinski definition) is 2. The molecule has 0 aromatic carbocycles. The van der Waals surface area contributed by atoms with Gasteiger partial charge in [-0.15, -0.1) is 0 Å². The van der Waals surface area contributed by atoms with E-state index in [-0.39, 0.29) is 5.60 Å². The highest BCUT2D eigenvalue weighted by molar-refractivity contribution is 4.75. The largest absolute Gasteiger partial charge is 0.379 e. The van der Waals surface area contributed by atoms with E-state index in [0.717, 1.165) is 24.8 Å². The van der Waals surface area contributed by atoms with Crippen molar-refractivity contribution in [3.63, 3.8) is 0 Å². The molecule has 0 radical (unpaired) electrons. The first-order valence-electron chi connectivity index (χ1n) is 6.81. The van der Waals surface area contributed by atoms with E-state index in [0.29, 0.717) is 0 Å². The van der Waals surface area contributed by atoms with E-state index < -0.39 is 0 Å². The molecular formula is C14H29NO. The van der Waals surface area contributed by atoms with Crippen molar-refractivity contribution in [2.24, 2.45) is 11.8 Å². The van der Waals surface area contributed by atoms with Crippen molar-refractivity contribution in [1.82, 2.24) is 5.32 Å². The van der Waals surface area contributed by atoms with Gasteiger partial charge in [0.15, 0.2) is 0 Å². The molecule has 1 aliphatic carbocycles. The maximum atomic E-state index is 5.41. The molecule has 0 spiro atoms. The number of ether oxygens (including phenoxy) is 1. The number of rotatable bonds is 6. The van der Waals surface area contributed by atoms with Crippen molar-refractivity contribution in [2.75, 3.05) is 20.2 Å². The Morgan fingerprint density at radius 2 is 1.94 bits per heavy atom. The molecule has 0 bridgehead atoms. The quantitative estimate of drug-likeness (QED) is 0.704. The van der Waals surface area contributed by atoms with Gasteiger partial charge in [-0.3, -0.25) is 0 Å². The number of hydrogen-bond donors (Lipinski definition) is 1. The van der Waals surface area contributed by atoms with Crippen LogP contribution in [0.15, 0.2) is 0 Å². The number of methoxy groups -OCH3 is 1. The lowest BCUT2D eigenvalue weighted by atomic mass is 9.80. The molecule has 1 saturated carbocycles. The van der Waals surface area contributed by atoms with Crippen molar-refractivity contribution in [2.45, 2.75) is 58.5 Å². The lowest BCUT2D eigenvalue weighted by Gasteiger charge is -2.29. The highest BCUT2D eigenvalue weighted by Crippen LogP contribution is 2.28. The Morgan fingerprint density at radius 1 is 1.25 bits per heavy atom. The Balaban J connectivity index is 2.10.